The maximum atomic E-state index is 13.8. The molecule has 3 rings (SSSR count). The van der Waals surface area contributed by atoms with Crippen LogP contribution in [-0.4, -0.2) is 4.98 Å². The number of hydrogen-bond donors (Lipinski definition) is 2. The van der Waals surface area contributed by atoms with Gasteiger partial charge in [0.1, 0.15) is 5.82 Å². The van der Waals surface area contributed by atoms with E-state index >= 15 is 0 Å². The maximum Gasteiger partial charge on any atom is 0.180 e. The van der Waals surface area contributed by atoms with Crippen LogP contribution in [0.2, 0.25) is 0 Å². The Morgan fingerprint density at radius 1 is 1.39 bits per heavy atom. The van der Waals surface area contributed by atoms with Crippen molar-refractivity contribution in [2.45, 2.75) is 24.9 Å². The minimum atomic E-state index is -0.190. The van der Waals surface area contributed by atoms with Crippen molar-refractivity contribution in [1.82, 2.24) is 10.3 Å². The van der Waals surface area contributed by atoms with Crippen molar-refractivity contribution in [3.63, 3.8) is 0 Å². The standard InChI is InChI=1S/C13H14FN3S/c14-11-4-2-1-3-10(11)13(5-6-13)17-8-9-7-16-12(15)18-9/h1-4,7,17H,5-6,8H2,(H2,15,16). The molecule has 94 valence electrons. The van der Waals surface area contributed by atoms with Crippen LogP contribution in [0.1, 0.15) is 23.3 Å². The van der Waals surface area contributed by atoms with E-state index in [1.807, 2.05) is 12.1 Å². The molecule has 0 amide bonds. The van der Waals surface area contributed by atoms with Crippen LogP contribution >= 0.6 is 11.3 Å². The van der Waals surface area contributed by atoms with Gasteiger partial charge in [-0.15, -0.1) is 11.3 Å². The Morgan fingerprint density at radius 3 is 2.78 bits per heavy atom. The summed E-state index contributed by atoms with van der Waals surface area (Å²) >= 11 is 1.47. The van der Waals surface area contributed by atoms with Crippen LogP contribution in [0.25, 0.3) is 0 Å². The highest BCUT2D eigenvalue weighted by Crippen LogP contribution is 2.46. The fourth-order valence-electron chi connectivity index (χ4n) is 2.18. The minimum absolute atomic E-state index is 0.133. The highest BCUT2D eigenvalue weighted by atomic mass is 32.1. The van der Waals surface area contributed by atoms with Gasteiger partial charge in [0.2, 0.25) is 0 Å². The summed E-state index contributed by atoms with van der Waals surface area (Å²) in [6.07, 6.45) is 3.72. The van der Waals surface area contributed by atoms with Gasteiger partial charge in [0, 0.05) is 28.7 Å². The predicted molar refractivity (Wildman–Crippen MR) is 70.7 cm³/mol. The van der Waals surface area contributed by atoms with Crippen molar-refractivity contribution >= 4 is 16.5 Å². The smallest absolute Gasteiger partial charge is 0.180 e. The Morgan fingerprint density at radius 2 is 2.17 bits per heavy atom. The lowest BCUT2D eigenvalue weighted by atomic mass is 10.0. The molecule has 0 aliphatic heterocycles. The number of anilines is 1. The van der Waals surface area contributed by atoms with Crippen LogP contribution in [0.15, 0.2) is 30.5 Å². The molecule has 1 aromatic carbocycles. The number of halogens is 1. The second-order valence-corrected chi connectivity index (χ2v) is 5.73. The molecule has 1 saturated carbocycles. The topological polar surface area (TPSA) is 50.9 Å². The first-order chi connectivity index (χ1) is 8.70. The van der Waals surface area contributed by atoms with Crippen molar-refractivity contribution in [3.8, 4) is 0 Å². The molecule has 5 heteroatoms. The summed E-state index contributed by atoms with van der Waals surface area (Å²) in [7, 11) is 0. The van der Waals surface area contributed by atoms with E-state index in [2.05, 4.69) is 10.3 Å². The summed E-state index contributed by atoms with van der Waals surface area (Å²) in [5.41, 5.74) is 6.16. The van der Waals surface area contributed by atoms with E-state index in [0.29, 0.717) is 11.7 Å². The van der Waals surface area contributed by atoms with E-state index in [0.717, 1.165) is 23.3 Å². The lowest BCUT2D eigenvalue weighted by molar-refractivity contribution is 0.487. The van der Waals surface area contributed by atoms with Crippen LogP contribution in [0.4, 0.5) is 9.52 Å². The third-order valence-electron chi connectivity index (χ3n) is 3.31. The van der Waals surface area contributed by atoms with Gasteiger partial charge in [0.25, 0.3) is 0 Å². The number of aromatic nitrogens is 1. The number of nitrogens with one attached hydrogen (secondary N) is 1. The molecule has 18 heavy (non-hydrogen) atoms. The van der Waals surface area contributed by atoms with Crippen LogP contribution in [0.5, 0.6) is 0 Å². The first-order valence-electron chi connectivity index (χ1n) is 5.90. The van der Waals surface area contributed by atoms with E-state index in [9.17, 15) is 4.39 Å². The van der Waals surface area contributed by atoms with Crippen molar-refractivity contribution in [1.29, 1.82) is 0 Å². The van der Waals surface area contributed by atoms with Crippen molar-refractivity contribution in [2.75, 3.05) is 5.73 Å². The van der Waals surface area contributed by atoms with E-state index < -0.39 is 0 Å². The first-order valence-corrected chi connectivity index (χ1v) is 6.71. The van der Waals surface area contributed by atoms with E-state index in [-0.39, 0.29) is 11.4 Å². The molecule has 0 atom stereocenters. The summed E-state index contributed by atoms with van der Waals surface area (Å²) in [6.45, 7) is 0.684. The summed E-state index contributed by atoms with van der Waals surface area (Å²) in [5.74, 6) is -0.133. The lowest BCUT2D eigenvalue weighted by Crippen LogP contribution is -2.29. The SMILES string of the molecule is Nc1ncc(CNC2(c3ccccc3F)CC2)s1. The fraction of sp³-hybridized carbons (Fsp3) is 0.308. The molecular formula is C13H14FN3S. The average molecular weight is 263 g/mol. The molecule has 0 spiro atoms. The molecule has 1 aliphatic carbocycles. The van der Waals surface area contributed by atoms with Gasteiger partial charge < -0.3 is 11.1 Å². The van der Waals surface area contributed by atoms with E-state index in [1.165, 1.54) is 17.4 Å². The second kappa shape index (κ2) is 4.33. The van der Waals surface area contributed by atoms with Gasteiger partial charge in [-0.05, 0) is 18.9 Å². The molecule has 1 fully saturated rings. The first kappa shape index (κ1) is 11.6. The Hall–Kier alpha value is -1.46. The van der Waals surface area contributed by atoms with Gasteiger partial charge in [0.05, 0.1) is 0 Å². The quantitative estimate of drug-likeness (QED) is 0.891. The average Bonchev–Trinajstić information content (AvgIpc) is 3.04. The number of hydrogen-bond acceptors (Lipinski definition) is 4. The van der Waals surface area contributed by atoms with Gasteiger partial charge >= 0.3 is 0 Å². The minimum Gasteiger partial charge on any atom is -0.375 e. The largest absolute Gasteiger partial charge is 0.375 e. The van der Waals surface area contributed by atoms with Crippen molar-refractivity contribution in [3.05, 3.63) is 46.7 Å². The number of thiazole rings is 1. The van der Waals surface area contributed by atoms with Gasteiger partial charge in [-0.2, -0.15) is 0 Å². The van der Waals surface area contributed by atoms with Gasteiger partial charge in [-0.3, -0.25) is 0 Å². The van der Waals surface area contributed by atoms with Crippen LogP contribution in [-0.2, 0) is 12.1 Å². The van der Waals surface area contributed by atoms with Gasteiger partial charge in [-0.25, -0.2) is 9.37 Å². The Balaban J connectivity index is 1.74. The summed E-state index contributed by atoms with van der Waals surface area (Å²) in [4.78, 5) is 5.09. The summed E-state index contributed by atoms with van der Waals surface area (Å²) in [5, 5.41) is 4.00. The Labute approximate surface area is 109 Å². The number of nitrogen functional groups attached to an aromatic ring is 1. The molecule has 1 heterocycles. The van der Waals surface area contributed by atoms with Crippen molar-refractivity contribution < 1.29 is 4.39 Å². The van der Waals surface area contributed by atoms with Crippen LogP contribution in [0, 0.1) is 5.82 Å². The Bertz CT molecular complexity index is 563. The highest BCUT2D eigenvalue weighted by molar-refractivity contribution is 7.15. The molecular weight excluding hydrogens is 249 g/mol. The zero-order chi connectivity index (χ0) is 12.6. The molecule has 1 aromatic heterocycles. The number of benzene rings is 1. The molecule has 3 N–H and O–H groups in total. The molecule has 3 nitrogen and oxygen atoms in total. The molecule has 0 saturated heterocycles. The fourth-order valence-corrected chi connectivity index (χ4v) is 2.80. The van der Waals surface area contributed by atoms with Crippen LogP contribution in [0.3, 0.4) is 0 Å². The Kier molecular flexibility index (Phi) is 2.80. The molecule has 0 bridgehead atoms. The normalized spacial score (nSPS) is 16.7. The monoisotopic (exact) mass is 263 g/mol. The zero-order valence-electron chi connectivity index (χ0n) is 9.82. The van der Waals surface area contributed by atoms with E-state index in [1.54, 1.807) is 12.3 Å². The van der Waals surface area contributed by atoms with Crippen molar-refractivity contribution in [2.24, 2.45) is 0 Å². The lowest BCUT2D eigenvalue weighted by Gasteiger charge is -2.17. The molecule has 1 aliphatic rings. The zero-order valence-corrected chi connectivity index (χ0v) is 10.6. The van der Waals surface area contributed by atoms with Crippen LogP contribution < -0.4 is 11.1 Å². The maximum absolute atomic E-state index is 13.8. The second-order valence-electron chi connectivity index (χ2n) is 4.58. The molecule has 0 radical (unpaired) electrons. The number of nitrogens with two attached hydrogens (primary N) is 1. The van der Waals surface area contributed by atoms with Gasteiger partial charge in [0.15, 0.2) is 5.13 Å². The van der Waals surface area contributed by atoms with Gasteiger partial charge in [-0.1, -0.05) is 18.2 Å². The predicted octanol–water partition coefficient (Wildman–Crippen LogP) is 2.64. The third kappa shape index (κ3) is 2.11. The third-order valence-corrected chi connectivity index (χ3v) is 4.14. The number of rotatable bonds is 4. The summed E-state index contributed by atoms with van der Waals surface area (Å²) in [6, 6.07) is 6.97. The number of nitrogens with zero attached hydrogens (tertiary/aromatic N) is 1. The van der Waals surface area contributed by atoms with E-state index in [4.69, 9.17) is 5.73 Å². The molecule has 2 aromatic rings. The highest BCUT2D eigenvalue weighted by Gasteiger charge is 2.45. The molecule has 0 unspecified atom stereocenters. The summed E-state index contributed by atoms with van der Waals surface area (Å²) < 4.78 is 13.8.